The third-order valence-electron chi connectivity index (χ3n) is 4.99. The Morgan fingerprint density at radius 3 is 2.39 bits per heavy atom. The second-order valence-corrected chi connectivity index (χ2v) is 8.90. The maximum absolute atomic E-state index is 13.0. The first kappa shape index (κ1) is 22.4. The van der Waals surface area contributed by atoms with Gasteiger partial charge in [-0.25, -0.2) is 8.42 Å². The highest BCUT2D eigenvalue weighted by molar-refractivity contribution is 7.92. The zero-order valence-electron chi connectivity index (χ0n) is 17.8. The van der Waals surface area contributed by atoms with E-state index in [2.05, 4.69) is 10.0 Å². The molecule has 3 aromatic carbocycles. The number of aryl methyl sites for hydroxylation is 2. The van der Waals surface area contributed by atoms with Crippen LogP contribution in [0.5, 0.6) is 5.75 Å². The van der Waals surface area contributed by atoms with Gasteiger partial charge in [-0.05, 0) is 67.8 Å². The highest BCUT2D eigenvalue weighted by atomic mass is 32.2. The zero-order valence-corrected chi connectivity index (χ0v) is 18.6. The smallest absolute Gasteiger partial charge is 0.262 e. The van der Waals surface area contributed by atoms with Gasteiger partial charge < -0.3 is 10.1 Å². The van der Waals surface area contributed by atoms with Gasteiger partial charge in [0.25, 0.3) is 15.9 Å². The molecule has 0 aliphatic rings. The monoisotopic (exact) mass is 438 g/mol. The van der Waals surface area contributed by atoms with Gasteiger partial charge in [0.05, 0.1) is 17.1 Å². The number of para-hydroxylation sites is 1. The van der Waals surface area contributed by atoms with Crippen LogP contribution < -0.4 is 14.8 Å². The highest BCUT2D eigenvalue weighted by Gasteiger charge is 2.20. The number of hydrogen-bond acceptors (Lipinski definition) is 4. The van der Waals surface area contributed by atoms with E-state index in [0.717, 1.165) is 16.9 Å². The molecule has 0 aliphatic heterocycles. The van der Waals surface area contributed by atoms with Crippen LogP contribution in [-0.4, -0.2) is 27.5 Å². The van der Waals surface area contributed by atoms with E-state index in [9.17, 15) is 13.2 Å². The maximum Gasteiger partial charge on any atom is 0.262 e. The number of hydrogen-bond donors (Lipinski definition) is 2. The van der Waals surface area contributed by atoms with Crippen LogP contribution in [0, 0.1) is 20.8 Å². The molecule has 0 bridgehead atoms. The summed E-state index contributed by atoms with van der Waals surface area (Å²) in [5, 5.41) is 2.75. The molecule has 0 spiro atoms. The van der Waals surface area contributed by atoms with Crippen molar-refractivity contribution in [1.82, 2.24) is 5.32 Å². The van der Waals surface area contributed by atoms with E-state index >= 15 is 0 Å². The summed E-state index contributed by atoms with van der Waals surface area (Å²) in [5.74, 6) is 0.359. The SMILES string of the molecule is Cc1ccc(C(=O)NCCOc2ccccc2)cc1S(=O)(=O)Nc1cccc(C)c1C. The molecule has 0 aliphatic carbocycles. The Labute approximate surface area is 183 Å². The van der Waals surface area contributed by atoms with Crippen LogP contribution >= 0.6 is 0 Å². The van der Waals surface area contributed by atoms with Gasteiger partial charge in [0.1, 0.15) is 12.4 Å². The Morgan fingerprint density at radius 2 is 1.65 bits per heavy atom. The normalized spacial score (nSPS) is 11.1. The average Bonchev–Trinajstić information content (AvgIpc) is 2.75. The van der Waals surface area contributed by atoms with Crippen LogP contribution in [0.3, 0.4) is 0 Å². The van der Waals surface area contributed by atoms with E-state index in [1.165, 1.54) is 6.07 Å². The molecule has 31 heavy (non-hydrogen) atoms. The van der Waals surface area contributed by atoms with E-state index in [4.69, 9.17) is 4.74 Å². The Kier molecular flexibility index (Phi) is 6.97. The second kappa shape index (κ2) is 9.66. The van der Waals surface area contributed by atoms with E-state index in [1.807, 2.05) is 50.2 Å². The molecule has 0 fully saturated rings. The molecule has 0 radical (unpaired) electrons. The minimum absolute atomic E-state index is 0.0709. The summed E-state index contributed by atoms with van der Waals surface area (Å²) in [4.78, 5) is 12.6. The molecule has 0 saturated heterocycles. The molecule has 0 heterocycles. The van der Waals surface area contributed by atoms with E-state index < -0.39 is 10.0 Å². The fourth-order valence-electron chi connectivity index (χ4n) is 3.04. The number of rotatable bonds is 8. The summed E-state index contributed by atoms with van der Waals surface area (Å²) < 4.78 is 34.2. The van der Waals surface area contributed by atoms with Gasteiger partial charge in [-0.2, -0.15) is 0 Å². The largest absolute Gasteiger partial charge is 0.492 e. The summed E-state index contributed by atoms with van der Waals surface area (Å²) in [7, 11) is -3.86. The highest BCUT2D eigenvalue weighted by Crippen LogP contribution is 2.24. The Hall–Kier alpha value is -3.32. The molecule has 162 valence electrons. The number of carbonyl (C=O) groups is 1. The van der Waals surface area contributed by atoms with Gasteiger partial charge in [0.2, 0.25) is 0 Å². The molecular formula is C24H26N2O4S. The van der Waals surface area contributed by atoms with Gasteiger partial charge in [-0.15, -0.1) is 0 Å². The van der Waals surface area contributed by atoms with Crippen LogP contribution in [0.1, 0.15) is 27.0 Å². The molecule has 2 N–H and O–H groups in total. The van der Waals surface area contributed by atoms with Gasteiger partial charge in [0.15, 0.2) is 0 Å². The molecule has 0 atom stereocenters. The molecule has 7 heteroatoms. The van der Waals surface area contributed by atoms with E-state index in [1.54, 1.807) is 31.2 Å². The lowest BCUT2D eigenvalue weighted by atomic mass is 10.1. The van der Waals surface area contributed by atoms with Crippen molar-refractivity contribution in [3.05, 3.63) is 89.0 Å². The van der Waals surface area contributed by atoms with Gasteiger partial charge >= 0.3 is 0 Å². The van der Waals surface area contributed by atoms with Crippen molar-refractivity contribution in [3.63, 3.8) is 0 Å². The van der Waals surface area contributed by atoms with Crippen molar-refractivity contribution in [1.29, 1.82) is 0 Å². The predicted octanol–water partition coefficient (Wildman–Crippen LogP) is 4.22. The minimum atomic E-state index is -3.86. The van der Waals surface area contributed by atoms with Crippen molar-refractivity contribution < 1.29 is 17.9 Å². The minimum Gasteiger partial charge on any atom is -0.492 e. The van der Waals surface area contributed by atoms with E-state index in [0.29, 0.717) is 24.4 Å². The van der Waals surface area contributed by atoms with Gasteiger partial charge in [-0.3, -0.25) is 9.52 Å². The fraction of sp³-hybridized carbons (Fsp3) is 0.208. The molecule has 6 nitrogen and oxygen atoms in total. The lowest BCUT2D eigenvalue weighted by Crippen LogP contribution is -2.28. The number of nitrogens with one attached hydrogen (secondary N) is 2. The number of anilines is 1. The predicted molar refractivity (Wildman–Crippen MR) is 122 cm³/mol. The first-order valence-electron chi connectivity index (χ1n) is 9.93. The van der Waals surface area contributed by atoms with Gasteiger partial charge in [-0.1, -0.05) is 36.4 Å². The molecule has 3 aromatic rings. The zero-order chi connectivity index (χ0) is 22.4. The molecule has 0 aromatic heterocycles. The lowest BCUT2D eigenvalue weighted by molar-refractivity contribution is 0.0946. The van der Waals surface area contributed by atoms with Crippen LogP contribution in [0.4, 0.5) is 5.69 Å². The Bertz CT molecular complexity index is 1180. The molecule has 0 saturated carbocycles. The number of carbonyl (C=O) groups excluding carboxylic acids is 1. The maximum atomic E-state index is 13.0. The molecule has 1 amide bonds. The summed E-state index contributed by atoms with van der Waals surface area (Å²) in [6.45, 7) is 6.09. The van der Waals surface area contributed by atoms with Crippen molar-refractivity contribution in [2.45, 2.75) is 25.7 Å². The van der Waals surface area contributed by atoms with Crippen molar-refractivity contribution in [3.8, 4) is 5.75 Å². The second-order valence-electron chi connectivity index (χ2n) is 7.25. The third kappa shape index (κ3) is 5.64. The van der Waals surface area contributed by atoms with Crippen LogP contribution in [0.2, 0.25) is 0 Å². The topological polar surface area (TPSA) is 84.5 Å². The van der Waals surface area contributed by atoms with Crippen LogP contribution in [-0.2, 0) is 10.0 Å². The molecule has 0 unspecified atom stereocenters. The van der Waals surface area contributed by atoms with Crippen molar-refractivity contribution in [2.24, 2.45) is 0 Å². The van der Waals surface area contributed by atoms with Gasteiger partial charge in [0, 0.05) is 5.56 Å². The standard InChI is InChI=1S/C24H26N2O4S/c1-17-8-7-11-22(19(17)3)26-31(28,29)23-16-20(13-12-18(23)2)24(27)25-14-15-30-21-9-5-4-6-10-21/h4-13,16,26H,14-15H2,1-3H3,(H,25,27). The number of amides is 1. The van der Waals surface area contributed by atoms with Crippen LogP contribution in [0.15, 0.2) is 71.6 Å². The lowest BCUT2D eigenvalue weighted by Gasteiger charge is -2.14. The summed E-state index contributed by atoms with van der Waals surface area (Å²) in [5.41, 5.74) is 3.19. The summed E-state index contributed by atoms with van der Waals surface area (Å²) in [6, 6.07) is 19.4. The number of benzene rings is 3. The van der Waals surface area contributed by atoms with E-state index in [-0.39, 0.29) is 16.4 Å². The Morgan fingerprint density at radius 1 is 0.903 bits per heavy atom. The Balaban J connectivity index is 1.70. The quantitative estimate of drug-likeness (QED) is 0.516. The van der Waals surface area contributed by atoms with Crippen LogP contribution in [0.25, 0.3) is 0 Å². The third-order valence-corrected chi connectivity index (χ3v) is 6.50. The van der Waals surface area contributed by atoms with Crippen molar-refractivity contribution >= 4 is 21.6 Å². The summed E-state index contributed by atoms with van der Waals surface area (Å²) >= 11 is 0. The molecular weight excluding hydrogens is 412 g/mol. The average molecular weight is 439 g/mol. The number of ether oxygens (including phenoxy) is 1. The fourth-order valence-corrected chi connectivity index (χ4v) is 4.44. The molecule has 3 rings (SSSR count). The summed E-state index contributed by atoms with van der Waals surface area (Å²) in [6.07, 6.45) is 0. The first-order valence-corrected chi connectivity index (χ1v) is 11.4. The van der Waals surface area contributed by atoms with Crippen molar-refractivity contribution in [2.75, 3.05) is 17.9 Å². The number of sulfonamides is 1. The first-order chi connectivity index (χ1) is 14.8.